The highest BCUT2D eigenvalue weighted by atomic mass is 14.8. The second kappa shape index (κ2) is 3.94. The SMILES string of the molecule is Cc1ncncc1-c1cccc2cnccc12. The molecule has 0 saturated heterocycles. The van der Waals surface area contributed by atoms with Gasteiger partial charge in [0.25, 0.3) is 0 Å². The van der Waals surface area contributed by atoms with Crippen LogP contribution in [0.25, 0.3) is 21.9 Å². The van der Waals surface area contributed by atoms with E-state index >= 15 is 0 Å². The molecule has 2 heterocycles. The van der Waals surface area contributed by atoms with E-state index in [-0.39, 0.29) is 0 Å². The molecule has 0 saturated carbocycles. The molecule has 2 aromatic heterocycles. The summed E-state index contributed by atoms with van der Waals surface area (Å²) in [6, 6.07) is 8.21. The fraction of sp³-hybridized carbons (Fsp3) is 0.0714. The first-order chi connectivity index (χ1) is 8.36. The lowest BCUT2D eigenvalue weighted by molar-refractivity contribution is 1.11. The van der Waals surface area contributed by atoms with E-state index in [9.17, 15) is 0 Å². The van der Waals surface area contributed by atoms with Gasteiger partial charge in [-0.05, 0) is 23.9 Å². The standard InChI is InChI=1S/C14H11N3/c1-10-14(8-16-9-17-10)13-4-2-3-11-7-15-6-5-12(11)13/h2-9H,1H3. The van der Waals surface area contributed by atoms with Crippen molar-refractivity contribution in [3.63, 3.8) is 0 Å². The van der Waals surface area contributed by atoms with Crippen LogP contribution in [0.1, 0.15) is 5.69 Å². The van der Waals surface area contributed by atoms with Gasteiger partial charge >= 0.3 is 0 Å². The van der Waals surface area contributed by atoms with Gasteiger partial charge in [-0.15, -0.1) is 0 Å². The van der Waals surface area contributed by atoms with Gasteiger partial charge in [-0.3, -0.25) is 4.98 Å². The first kappa shape index (κ1) is 9.90. The number of hydrogen-bond donors (Lipinski definition) is 0. The van der Waals surface area contributed by atoms with Crippen LogP contribution in [-0.2, 0) is 0 Å². The Hall–Kier alpha value is -2.29. The van der Waals surface area contributed by atoms with Crippen molar-refractivity contribution in [2.75, 3.05) is 0 Å². The molecule has 0 aliphatic carbocycles. The summed E-state index contributed by atoms with van der Waals surface area (Å²) in [7, 11) is 0. The largest absolute Gasteiger partial charge is 0.264 e. The fourth-order valence-electron chi connectivity index (χ4n) is 2.01. The molecule has 0 amide bonds. The van der Waals surface area contributed by atoms with Crippen molar-refractivity contribution in [2.45, 2.75) is 6.92 Å². The van der Waals surface area contributed by atoms with Crippen LogP contribution in [0.5, 0.6) is 0 Å². The summed E-state index contributed by atoms with van der Waals surface area (Å²) in [6.07, 6.45) is 7.12. The van der Waals surface area contributed by atoms with E-state index in [2.05, 4.69) is 27.1 Å². The van der Waals surface area contributed by atoms with E-state index < -0.39 is 0 Å². The van der Waals surface area contributed by atoms with Crippen LogP contribution in [0.4, 0.5) is 0 Å². The van der Waals surface area contributed by atoms with Gasteiger partial charge in [0, 0.05) is 35.2 Å². The fourth-order valence-corrected chi connectivity index (χ4v) is 2.01. The number of aryl methyl sites for hydroxylation is 1. The summed E-state index contributed by atoms with van der Waals surface area (Å²) in [5.74, 6) is 0. The highest BCUT2D eigenvalue weighted by molar-refractivity contribution is 5.96. The van der Waals surface area contributed by atoms with Crippen molar-refractivity contribution in [2.24, 2.45) is 0 Å². The Labute approximate surface area is 99.2 Å². The number of nitrogens with zero attached hydrogens (tertiary/aromatic N) is 3. The van der Waals surface area contributed by atoms with Crippen LogP contribution < -0.4 is 0 Å². The second-order valence-electron chi connectivity index (χ2n) is 3.92. The maximum Gasteiger partial charge on any atom is 0.115 e. The minimum atomic E-state index is 0.990. The summed E-state index contributed by atoms with van der Waals surface area (Å²) in [5.41, 5.74) is 3.22. The molecule has 3 heteroatoms. The topological polar surface area (TPSA) is 38.7 Å². The van der Waals surface area contributed by atoms with E-state index in [4.69, 9.17) is 0 Å². The number of rotatable bonds is 1. The van der Waals surface area contributed by atoms with Crippen molar-refractivity contribution in [3.05, 3.63) is 54.9 Å². The smallest absolute Gasteiger partial charge is 0.115 e. The Balaban J connectivity index is 2.35. The Morgan fingerprint density at radius 1 is 0.941 bits per heavy atom. The molecule has 3 nitrogen and oxygen atoms in total. The monoisotopic (exact) mass is 221 g/mol. The van der Waals surface area contributed by atoms with Crippen LogP contribution in [-0.4, -0.2) is 15.0 Å². The third-order valence-corrected chi connectivity index (χ3v) is 2.88. The van der Waals surface area contributed by atoms with Gasteiger partial charge in [-0.2, -0.15) is 0 Å². The van der Waals surface area contributed by atoms with Crippen molar-refractivity contribution < 1.29 is 0 Å². The number of hydrogen-bond acceptors (Lipinski definition) is 3. The quantitative estimate of drug-likeness (QED) is 0.634. The lowest BCUT2D eigenvalue weighted by Crippen LogP contribution is -1.90. The highest BCUT2D eigenvalue weighted by Gasteiger charge is 2.06. The van der Waals surface area contributed by atoms with Crippen LogP contribution in [0.15, 0.2) is 49.2 Å². The maximum absolute atomic E-state index is 4.24. The Bertz CT molecular complexity index is 672. The van der Waals surface area contributed by atoms with Gasteiger partial charge in [0.2, 0.25) is 0 Å². The average molecular weight is 221 g/mol. The third-order valence-electron chi connectivity index (χ3n) is 2.88. The summed E-state index contributed by atoms with van der Waals surface area (Å²) >= 11 is 0. The zero-order chi connectivity index (χ0) is 11.7. The van der Waals surface area contributed by atoms with Crippen LogP contribution in [0, 0.1) is 6.92 Å². The molecule has 0 aliphatic rings. The summed E-state index contributed by atoms with van der Waals surface area (Å²) < 4.78 is 0. The van der Waals surface area contributed by atoms with Gasteiger partial charge in [-0.25, -0.2) is 9.97 Å². The minimum absolute atomic E-state index is 0.990. The molecular formula is C14H11N3. The lowest BCUT2D eigenvalue weighted by Gasteiger charge is -2.07. The van der Waals surface area contributed by atoms with Crippen molar-refractivity contribution in [3.8, 4) is 11.1 Å². The molecule has 0 N–H and O–H groups in total. The first-order valence-electron chi connectivity index (χ1n) is 5.46. The molecule has 0 atom stereocenters. The molecule has 17 heavy (non-hydrogen) atoms. The molecule has 1 aromatic carbocycles. The van der Waals surface area contributed by atoms with Gasteiger partial charge in [0.1, 0.15) is 6.33 Å². The molecule has 0 radical (unpaired) electrons. The van der Waals surface area contributed by atoms with Gasteiger partial charge in [0.05, 0.1) is 0 Å². The van der Waals surface area contributed by atoms with E-state index in [0.717, 1.165) is 22.2 Å². The Morgan fingerprint density at radius 2 is 1.88 bits per heavy atom. The van der Waals surface area contributed by atoms with E-state index in [0.29, 0.717) is 0 Å². The summed E-state index contributed by atoms with van der Waals surface area (Å²) in [4.78, 5) is 12.5. The van der Waals surface area contributed by atoms with Crippen LogP contribution >= 0.6 is 0 Å². The lowest BCUT2D eigenvalue weighted by atomic mass is 10.00. The van der Waals surface area contributed by atoms with E-state index in [1.54, 1.807) is 6.33 Å². The molecule has 0 bridgehead atoms. The number of pyridine rings is 1. The molecule has 0 spiro atoms. The zero-order valence-electron chi connectivity index (χ0n) is 9.46. The number of benzene rings is 1. The number of aromatic nitrogens is 3. The zero-order valence-corrected chi connectivity index (χ0v) is 9.46. The predicted octanol–water partition coefficient (Wildman–Crippen LogP) is 3.00. The first-order valence-corrected chi connectivity index (χ1v) is 5.46. The normalized spacial score (nSPS) is 10.6. The predicted molar refractivity (Wildman–Crippen MR) is 67.5 cm³/mol. The van der Waals surface area contributed by atoms with Gasteiger partial charge < -0.3 is 0 Å². The summed E-state index contributed by atoms with van der Waals surface area (Å²) in [5, 5.41) is 2.31. The second-order valence-corrected chi connectivity index (χ2v) is 3.92. The van der Waals surface area contributed by atoms with E-state index in [1.807, 2.05) is 37.6 Å². The molecule has 0 aliphatic heterocycles. The average Bonchev–Trinajstić information content (AvgIpc) is 2.39. The number of fused-ring (bicyclic) bond motifs is 1. The van der Waals surface area contributed by atoms with E-state index in [1.165, 1.54) is 5.39 Å². The molecule has 0 fully saturated rings. The molecular weight excluding hydrogens is 210 g/mol. The van der Waals surface area contributed by atoms with Gasteiger partial charge in [-0.1, -0.05) is 18.2 Å². The molecule has 82 valence electrons. The molecule has 3 rings (SSSR count). The highest BCUT2D eigenvalue weighted by Crippen LogP contribution is 2.28. The molecule has 0 unspecified atom stereocenters. The van der Waals surface area contributed by atoms with Crippen molar-refractivity contribution in [1.29, 1.82) is 0 Å². The van der Waals surface area contributed by atoms with Crippen LogP contribution in [0.2, 0.25) is 0 Å². The van der Waals surface area contributed by atoms with Crippen molar-refractivity contribution in [1.82, 2.24) is 15.0 Å². The maximum atomic E-state index is 4.24. The third kappa shape index (κ3) is 1.65. The molecule has 3 aromatic rings. The Morgan fingerprint density at radius 3 is 2.76 bits per heavy atom. The minimum Gasteiger partial charge on any atom is -0.264 e. The Kier molecular flexibility index (Phi) is 2.29. The summed E-state index contributed by atoms with van der Waals surface area (Å²) in [6.45, 7) is 2.00. The van der Waals surface area contributed by atoms with Gasteiger partial charge in [0.15, 0.2) is 0 Å². The van der Waals surface area contributed by atoms with Crippen molar-refractivity contribution >= 4 is 10.8 Å². The van der Waals surface area contributed by atoms with Crippen LogP contribution in [0.3, 0.4) is 0 Å².